The SMILES string of the molecule is CCCCCCC/C=C\C/C=C\C/C=C\CCCCCCCCCCCCC(=O)OCC(COP(=O)([O-])OCC[N+](C)(C)C)OC(=O)CCCCCCCCCCCC/C=C\C/C=C\C/C=C\CCCCCCC. The molecule has 0 bridgehead atoms. The second-order valence-corrected chi connectivity index (χ2v) is 23.1. The number of unbranched alkanes of at least 4 members (excludes halogenated alkanes) is 30. The van der Waals surface area contributed by atoms with E-state index in [1.807, 2.05) is 21.1 Å². The lowest BCUT2D eigenvalue weighted by Gasteiger charge is -2.28. The summed E-state index contributed by atoms with van der Waals surface area (Å²) < 4.78 is 34.2. The Morgan fingerprint density at radius 1 is 0.419 bits per heavy atom. The van der Waals surface area contributed by atoms with Crippen molar-refractivity contribution in [2.45, 2.75) is 277 Å². The summed E-state index contributed by atoms with van der Waals surface area (Å²) in [6.45, 7) is 4.23. The number of phosphoric ester groups is 1. The van der Waals surface area contributed by atoms with Gasteiger partial charge in [0.1, 0.15) is 19.8 Å². The second kappa shape index (κ2) is 55.2. The largest absolute Gasteiger partial charge is 0.756 e. The zero-order valence-electron chi connectivity index (χ0n) is 48.8. The molecule has 0 aliphatic heterocycles. The average molecular weight is 1060 g/mol. The number of allylic oxidation sites excluding steroid dienone is 12. The van der Waals surface area contributed by atoms with Crippen molar-refractivity contribution >= 4 is 19.8 Å². The first-order valence-electron chi connectivity index (χ1n) is 30.6. The molecule has 0 radical (unpaired) electrons. The molecule has 0 aromatic rings. The van der Waals surface area contributed by atoms with E-state index in [0.29, 0.717) is 17.4 Å². The Hall–Kier alpha value is -2.55. The van der Waals surface area contributed by atoms with Gasteiger partial charge in [0, 0.05) is 12.8 Å². The van der Waals surface area contributed by atoms with Crippen molar-refractivity contribution in [1.29, 1.82) is 0 Å². The van der Waals surface area contributed by atoms with Crippen molar-refractivity contribution in [3.8, 4) is 0 Å². The lowest BCUT2D eigenvalue weighted by Crippen LogP contribution is -2.37. The Balaban J connectivity index is 4.17. The summed E-state index contributed by atoms with van der Waals surface area (Å²) in [4.78, 5) is 37.9. The van der Waals surface area contributed by atoms with Crippen molar-refractivity contribution < 1.29 is 42.1 Å². The van der Waals surface area contributed by atoms with Crippen LogP contribution in [-0.2, 0) is 32.7 Å². The standard InChI is InChI=1S/C64H116NO8P/c1-6-8-10-12-14-16-18-20-22-24-26-28-30-32-34-36-38-40-42-44-46-48-50-52-54-56-63(66)70-60-62(61-72-74(68,69)71-59-58-65(3,4)5)73-64(67)57-55-53-51-49-47-45-43-41-39-37-35-33-31-29-27-25-23-21-19-17-15-13-11-9-7-2/h18-21,24-27,30-33,62H,6-17,22-23,28-29,34-61H2,1-5H3/b20-18-,21-19-,26-24-,27-25-,32-30-,33-31-. The molecule has 10 heteroatoms. The van der Waals surface area contributed by atoms with E-state index in [0.717, 1.165) is 77.0 Å². The van der Waals surface area contributed by atoms with Gasteiger partial charge < -0.3 is 27.9 Å². The van der Waals surface area contributed by atoms with Gasteiger partial charge in [0.25, 0.3) is 7.82 Å². The highest BCUT2D eigenvalue weighted by Gasteiger charge is 2.22. The van der Waals surface area contributed by atoms with Crippen LogP contribution >= 0.6 is 7.82 Å². The number of hydrogen-bond acceptors (Lipinski definition) is 8. The molecule has 0 heterocycles. The van der Waals surface area contributed by atoms with Gasteiger partial charge in [-0.2, -0.15) is 0 Å². The zero-order valence-corrected chi connectivity index (χ0v) is 49.7. The van der Waals surface area contributed by atoms with Crippen molar-refractivity contribution in [2.75, 3.05) is 47.5 Å². The molecule has 0 saturated carbocycles. The lowest BCUT2D eigenvalue weighted by molar-refractivity contribution is -0.870. The van der Waals surface area contributed by atoms with E-state index >= 15 is 0 Å². The van der Waals surface area contributed by atoms with E-state index in [1.165, 1.54) is 161 Å². The highest BCUT2D eigenvalue weighted by atomic mass is 31.2. The third kappa shape index (κ3) is 58.7. The van der Waals surface area contributed by atoms with Crippen LogP contribution in [0.5, 0.6) is 0 Å². The van der Waals surface area contributed by atoms with Crippen LogP contribution < -0.4 is 4.89 Å². The number of hydrogen-bond donors (Lipinski definition) is 0. The predicted molar refractivity (Wildman–Crippen MR) is 314 cm³/mol. The maximum Gasteiger partial charge on any atom is 0.306 e. The van der Waals surface area contributed by atoms with Crippen molar-refractivity contribution in [2.24, 2.45) is 0 Å². The van der Waals surface area contributed by atoms with Crippen molar-refractivity contribution in [3.05, 3.63) is 72.9 Å². The third-order valence-corrected chi connectivity index (χ3v) is 14.2. The number of likely N-dealkylation sites (N-methyl/N-ethyl adjacent to an activating group) is 1. The number of ether oxygens (including phenoxy) is 2. The first-order chi connectivity index (χ1) is 36.0. The first kappa shape index (κ1) is 71.5. The van der Waals surface area contributed by atoms with Crippen LogP contribution in [0.1, 0.15) is 271 Å². The Bertz CT molecular complexity index is 1480. The minimum absolute atomic E-state index is 0.0348. The van der Waals surface area contributed by atoms with Crippen LogP contribution in [0.2, 0.25) is 0 Å². The van der Waals surface area contributed by atoms with E-state index < -0.39 is 26.5 Å². The van der Waals surface area contributed by atoms with Crippen LogP contribution in [0.3, 0.4) is 0 Å². The molecule has 0 spiro atoms. The molecule has 0 aromatic heterocycles. The van der Waals surface area contributed by atoms with Gasteiger partial charge in [-0.05, 0) is 89.9 Å². The van der Waals surface area contributed by atoms with Crippen molar-refractivity contribution in [1.82, 2.24) is 0 Å². The Labute approximate surface area is 457 Å². The maximum absolute atomic E-state index is 12.8. The fraction of sp³-hybridized carbons (Fsp3) is 0.781. The fourth-order valence-electron chi connectivity index (χ4n) is 8.44. The van der Waals surface area contributed by atoms with Crippen LogP contribution in [0.25, 0.3) is 0 Å². The predicted octanol–water partition coefficient (Wildman–Crippen LogP) is 18.6. The summed E-state index contributed by atoms with van der Waals surface area (Å²) in [5.41, 5.74) is 0. The van der Waals surface area contributed by atoms with Gasteiger partial charge in [-0.25, -0.2) is 0 Å². The lowest BCUT2D eigenvalue weighted by atomic mass is 10.0. The van der Waals surface area contributed by atoms with E-state index in [2.05, 4.69) is 86.8 Å². The number of nitrogens with zero attached hydrogens (tertiary/aromatic N) is 1. The summed E-state index contributed by atoms with van der Waals surface area (Å²) in [5, 5.41) is 0. The smallest absolute Gasteiger partial charge is 0.306 e. The minimum atomic E-state index is -4.64. The maximum atomic E-state index is 12.8. The summed E-state index contributed by atoms with van der Waals surface area (Å²) in [6, 6.07) is 0. The molecule has 2 unspecified atom stereocenters. The summed E-state index contributed by atoms with van der Waals surface area (Å²) >= 11 is 0. The zero-order chi connectivity index (χ0) is 54.2. The highest BCUT2D eigenvalue weighted by Crippen LogP contribution is 2.38. The first-order valence-corrected chi connectivity index (χ1v) is 32.1. The highest BCUT2D eigenvalue weighted by molar-refractivity contribution is 7.45. The number of carbonyl (C=O) groups is 2. The van der Waals surface area contributed by atoms with Crippen LogP contribution in [0.15, 0.2) is 72.9 Å². The number of esters is 2. The Morgan fingerprint density at radius 3 is 1.08 bits per heavy atom. The molecule has 0 aromatic carbocycles. The van der Waals surface area contributed by atoms with Gasteiger partial charge in [-0.1, -0.05) is 241 Å². The molecule has 0 aliphatic carbocycles. The van der Waals surface area contributed by atoms with Gasteiger partial charge >= 0.3 is 11.9 Å². The summed E-state index contributed by atoms with van der Waals surface area (Å²) in [6.07, 6.45) is 72.3. The molecule has 74 heavy (non-hydrogen) atoms. The molecule has 0 N–H and O–H groups in total. The topological polar surface area (TPSA) is 111 Å². The van der Waals surface area contributed by atoms with E-state index in [-0.39, 0.29) is 32.0 Å². The quantitative estimate of drug-likeness (QED) is 0.0195. The van der Waals surface area contributed by atoms with Gasteiger partial charge in [0.15, 0.2) is 6.10 Å². The molecule has 9 nitrogen and oxygen atoms in total. The molecule has 0 amide bonds. The number of rotatable bonds is 56. The molecule has 0 fully saturated rings. The monoisotopic (exact) mass is 1060 g/mol. The molecule has 0 saturated heterocycles. The van der Waals surface area contributed by atoms with E-state index in [4.69, 9.17) is 18.5 Å². The summed E-state index contributed by atoms with van der Waals surface area (Å²) in [5.74, 6) is -0.838. The molecule has 0 aliphatic rings. The number of phosphoric acid groups is 1. The normalized spacial score (nSPS) is 13.8. The van der Waals surface area contributed by atoms with Crippen molar-refractivity contribution in [3.63, 3.8) is 0 Å². The Morgan fingerprint density at radius 2 is 0.730 bits per heavy atom. The molecule has 430 valence electrons. The van der Waals surface area contributed by atoms with E-state index in [1.54, 1.807) is 0 Å². The van der Waals surface area contributed by atoms with Crippen LogP contribution in [0, 0.1) is 0 Å². The number of quaternary nitrogens is 1. The minimum Gasteiger partial charge on any atom is -0.756 e. The van der Waals surface area contributed by atoms with E-state index in [9.17, 15) is 19.0 Å². The second-order valence-electron chi connectivity index (χ2n) is 21.7. The van der Waals surface area contributed by atoms with Gasteiger partial charge in [-0.3, -0.25) is 14.2 Å². The molecular weight excluding hydrogens is 942 g/mol. The van der Waals surface area contributed by atoms with Gasteiger partial charge in [0.2, 0.25) is 0 Å². The Kier molecular flexibility index (Phi) is 53.3. The van der Waals surface area contributed by atoms with Gasteiger partial charge in [0.05, 0.1) is 27.7 Å². The van der Waals surface area contributed by atoms with Crippen LogP contribution in [-0.4, -0.2) is 70.0 Å². The van der Waals surface area contributed by atoms with Gasteiger partial charge in [-0.15, -0.1) is 0 Å². The molecular formula is C64H116NO8P. The third-order valence-electron chi connectivity index (χ3n) is 13.2. The molecule has 0 rings (SSSR count). The van der Waals surface area contributed by atoms with Crippen LogP contribution in [0.4, 0.5) is 0 Å². The average Bonchev–Trinajstić information content (AvgIpc) is 3.36. The fourth-order valence-corrected chi connectivity index (χ4v) is 9.16. The summed E-state index contributed by atoms with van der Waals surface area (Å²) in [7, 11) is 1.16. The molecule has 2 atom stereocenters. The number of carbonyl (C=O) groups excluding carboxylic acids is 2.